The number of nitrogens with zero attached hydrogens (tertiary/aromatic N) is 1. The van der Waals surface area contributed by atoms with Crippen LogP contribution in [-0.2, 0) is 12.8 Å². The zero-order valence-electron chi connectivity index (χ0n) is 12.5. The average Bonchev–Trinajstić information content (AvgIpc) is 2.51. The summed E-state index contributed by atoms with van der Waals surface area (Å²) >= 11 is 5.97. The van der Waals surface area contributed by atoms with Crippen molar-refractivity contribution in [3.8, 4) is 5.75 Å². The van der Waals surface area contributed by atoms with Gasteiger partial charge in [-0.3, -0.25) is 4.98 Å². The zero-order valence-corrected chi connectivity index (χ0v) is 13.3. The van der Waals surface area contributed by atoms with Crippen molar-refractivity contribution < 1.29 is 4.74 Å². The first-order chi connectivity index (χ1) is 10.2. The average molecular weight is 305 g/mol. The molecule has 0 radical (unpaired) electrons. The van der Waals surface area contributed by atoms with Gasteiger partial charge in [-0.25, -0.2) is 0 Å². The predicted octanol–water partition coefficient (Wildman–Crippen LogP) is 3.43. The molecule has 112 valence electrons. The van der Waals surface area contributed by atoms with Crippen LogP contribution in [-0.4, -0.2) is 25.2 Å². The molecule has 3 nitrogen and oxygen atoms in total. The molecule has 0 aliphatic heterocycles. The molecule has 0 saturated carbocycles. The fraction of sp³-hybridized carbons (Fsp3) is 0.353. The quantitative estimate of drug-likeness (QED) is 0.796. The molecule has 1 heterocycles. The van der Waals surface area contributed by atoms with E-state index in [1.54, 1.807) is 13.3 Å². The zero-order chi connectivity index (χ0) is 15.1. The summed E-state index contributed by atoms with van der Waals surface area (Å²) < 4.78 is 5.15. The summed E-state index contributed by atoms with van der Waals surface area (Å²) in [5.41, 5.74) is 3.57. The number of benzene rings is 1. The lowest BCUT2D eigenvalue weighted by Gasteiger charge is -2.08. The van der Waals surface area contributed by atoms with Gasteiger partial charge in [0.2, 0.25) is 0 Å². The molecule has 0 aliphatic rings. The Labute approximate surface area is 131 Å². The lowest BCUT2D eigenvalue weighted by Crippen LogP contribution is -2.20. The van der Waals surface area contributed by atoms with Gasteiger partial charge >= 0.3 is 0 Å². The van der Waals surface area contributed by atoms with Crippen LogP contribution in [0.5, 0.6) is 5.75 Å². The first-order valence-corrected chi connectivity index (χ1v) is 7.51. The molecule has 0 aliphatic carbocycles. The molecule has 2 rings (SSSR count). The fourth-order valence-corrected chi connectivity index (χ4v) is 2.36. The van der Waals surface area contributed by atoms with Crippen LogP contribution in [0.4, 0.5) is 0 Å². The van der Waals surface area contributed by atoms with Gasteiger partial charge in [-0.15, -0.1) is 0 Å². The predicted molar refractivity (Wildman–Crippen MR) is 87.3 cm³/mol. The molecule has 0 fully saturated rings. The molecular formula is C17H21ClN2O. The van der Waals surface area contributed by atoms with Gasteiger partial charge in [-0.2, -0.15) is 0 Å². The molecule has 0 bridgehead atoms. The number of nitrogens with one attached hydrogen (secondary N) is 1. The second-order valence-electron chi connectivity index (χ2n) is 5.00. The lowest BCUT2D eigenvalue weighted by atomic mass is 10.1. The smallest absolute Gasteiger partial charge is 0.118 e. The number of methoxy groups -OCH3 is 1. The first kappa shape index (κ1) is 15.8. The Morgan fingerprint density at radius 2 is 1.86 bits per heavy atom. The van der Waals surface area contributed by atoms with Crippen molar-refractivity contribution in [3.63, 3.8) is 0 Å². The fourth-order valence-electron chi connectivity index (χ4n) is 2.18. The van der Waals surface area contributed by atoms with E-state index in [0.29, 0.717) is 5.02 Å². The van der Waals surface area contributed by atoms with E-state index in [1.807, 2.05) is 25.1 Å². The second-order valence-corrected chi connectivity index (χ2v) is 5.43. The molecule has 0 amide bonds. The monoisotopic (exact) mass is 304 g/mol. The summed E-state index contributed by atoms with van der Waals surface area (Å²) in [7, 11) is 1.68. The van der Waals surface area contributed by atoms with Crippen LogP contribution in [0.15, 0.2) is 36.5 Å². The van der Waals surface area contributed by atoms with Crippen molar-refractivity contribution in [2.75, 3.05) is 20.2 Å². The van der Waals surface area contributed by atoms with Gasteiger partial charge < -0.3 is 10.1 Å². The molecule has 4 heteroatoms. The van der Waals surface area contributed by atoms with E-state index in [-0.39, 0.29) is 0 Å². The SMILES string of the molecule is COc1ccc(CCNCCc2cc(Cl)cnc2C)cc1. The van der Waals surface area contributed by atoms with Crippen molar-refractivity contribution in [1.29, 1.82) is 0 Å². The molecule has 2 aromatic rings. The number of aromatic nitrogens is 1. The maximum absolute atomic E-state index is 5.97. The molecular weight excluding hydrogens is 284 g/mol. The number of rotatable bonds is 7. The van der Waals surface area contributed by atoms with E-state index in [2.05, 4.69) is 22.4 Å². The van der Waals surface area contributed by atoms with Crippen LogP contribution in [0.25, 0.3) is 0 Å². The van der Waals surface area contributed by atoms with E-state index >= 15 is 0 Å². The molecule has 1 N–H and O–H groups in total. The van der Waals surface area contributed by atoms with Gasteiger partial charge in [0.15, 0.2) is 0 Å². The van der Waals surface area contributed by atoms with E-state index in [0.717, 1.165) is 37.4 Å². The van der Waals surface area contributed by atoms with Crippen molar-refractivity contribution in [1.82, 2.24) is 10.3 Å². The van der Waals surface area contributed by atoms with E-state index in [4.69, 9.17) is 16.3 Å². The van der Waals surface area contributed by atoms with Crippen molar-refractivity contribution in [3.05, 3.63) is 58.4 Å². The van der Waals surface area contributed by atoms with Gasteiger partial charge in [0.25, 0.3) is 0 Å². The Morgan fingerprint density at radius 1 is 1.14 bits per heavy atom. The number of pyridine rings is 1. The third-order valence-corrected chi connectivity index (χ3v) is 3.69. The third-order valence-electron chi connectivity index (χ3n) is 3.48. The molecule has 1 aromatic carbocycles. The maximum atomic E-state index is 5.97. The highest BCUT2D eigenvalue weighted by Gasteiger charge is 2.01. The van der Waals surface area contributed by atoms with Gasteiger partial charge in [-0.05, 0) is 62.2 Å². The van der Waals surface area contributed by atoms with Gasteiger partial charge in [-0.1, -0.05) is 23.7 Å². The maximum Gasteiger partial charge on any atom is 0.118 e. The molecule has 0 saturated heterocycles. The van der Waals surface area contributed by atoms with E-state index in [9.17, 15) is 0 Å². The largest absolute Gasteiger partial charge is 0.497 e. The minimum Gasteiger partial charge on any atom is -0.497 e. The van der Waals surface area contributed by atoms with Gasteiger partial charge in [0, 0.05) is 11.9 Å². The molecule has 0 spiro atoms. The second kappa shape index (κ2) is 8.01. The summed E-state index contributed by atoms with van der Waals surface area (Å²) in [6.07, 6.45) is 3.65. The Kier molecular flexibility index (Phi) is 6.03. The Hall–Kier alpha value is -1.58. The number of hydrogen-bond acceptors (Lipinski definition) is 3. The third kappa shape index (κ3) is 5.03. The standard InChI is InChI=1S/C17H21ClN2O/c1-13-15(11-16(18)12-20-13)8-10-19-9-7-14-3-5-17(21-2)6-4-14/h3-6,11-12,19H,7-10H2,1-2H3. The normalized spacial score (nSPS) is 10.6. The number of ether oxygens (including phenoxy) is 1. The van der Waals surface area contributed by atoms with Crippen molar-refractivity contribution >= 4 is 11.6 Å². The van der Waals surface area contributed by atoms with Gasteiger partial charge in [0.1, 0.15) is 5.75 Å². The molecule has 1 aromatic heterocycles. The van der Waals surface area contributed by atoms with E-state index < -0.39 is 0 Å². The van der Waals surface area contributed by atoms with Crippen LogP contribution in [0, 0.1) is 6.92 Å². The summed E-state index contributed by atoms with van der Waals surface area (Å²) in [5.74, 6) is 0.899. The van der Waals surface area contributed by atoms with Crippen LogP contribution < -0.4 is 10.1 Å². The van der Waals surface area contributed by atoms with Crippen LogP contribution in [0.3, 0.4) is 0 Å². The molecule has 0 atom stereocenters. The summed E-state index contributed by atoms with van der Waals surface area (Å²) in [4.78, 5) is 4.27. The minimum absolute atomic E-state index is 0.703. The van der Waals surface area contributed by atoms with Crippen LogP contribution >= 0.6 is 11.6 Å². The molecule has 21 heavy (non-hydrogen) atoms. The Balaban J connectivity index is 1.71. The highest BCUT2D eigenvalue weighted by atomic mass is 35.5. The van der Waals surface area contributed by atoms with Crippen molar-refractivity contribution in [2.45, 2.75) is 19.8 Å². The first-order valence-electron chi connectivity index (χ1n) is 7.13. The summed E-state index contributed by atoms with van der Waals surface area (Å²) in [5, 5.41) is 4.16. The highest BCUT2D eigenvalue weighted by Crippen LogP contribution is 2.13. The number of halogens is 1. The lowest BCUT2D eigenvalue weighted by molar-refractivity contribution is 0.414. The highest BCUT2D eigenvalue weighted by molar-refractivity contribution is 6.30. The van der Waals surface area contributed by atoms with E-state index in [1.165, 1.54) is 11.1 Å². The van der Waals surface area contributed by atoms with Crippen LogP contribution in [0.2, 0.25) is 5.02 Å². The number of aryl methyl sites for hydroxylation is 1. The topological polar surface area (TPSA) is 34.1 Å². The van der Waals surface area contributed by atoms with Gasteiger partial charge in [0.05, 0.1) is 12.1 Å². The summed E-state index contributed by atoms with van der Waals surface area (Å²) in [6.45, 7) is 3.90. The number of hydrogen-bond donors (Lipinski definition) is 1. The van der Waals surface area contributed by atoms with Crippen molar-refractivity contribution in [2.24, 2.45) is 0 Å². The Morgan fingerprint density at radius 3 is 2.57 bits per heavy atom. The Bertz CT molecular complexity index is 570. The minimum atomic E-state index is 0.703. The van der Waals surface area contributed by atoms with Crippen LogP contribution in [0.1, 0.15) is 16.8 Å². The summed E-state index contributed by atoms with van der Waals surface area (Å²) in [6, 6.07) is 10.2. The molecule has 0 unspecified atom stereocenters.